The fourth-order valence-electron chi connectivity index (χ4n) is 1.26. The third-order valence-electron chi connectivity index (χ3n) is 1.89. The molecule has 0 saturated carbocycles. The van der Waals surface area contributed by atoms with Gasteiger partial charge in [-0.15, -0.1) is 0 Å². The van der Waals surface area contributed by atoms with Crippen molar-refractivity contribution in [1.29, 1.82) is 5.26 Å². The van der Waals surface area contributed by atoms with Crippen LogP contribution in [0.1, 0.15) is 5.56 Å². The fourth-order valence-corrected chi connectivity index (χ4v) is 1.45. The summed E-state index contributed by atoms with van der Waals surface area (Å²) in [7, 11) is 1.51. The van der Waals surface area contributed by atoms with E-state index in [1.165, 1.54) is 7.11 Å². The molecule has 5 heteroatoms. The van der Waals surface area contributed by atoms with Gasteiger partial charge in [-0.2, -0.15) is 5.26 Å². The predicted octanol–water partition coefficient (Wildman–Crippen LogP) is 2.10. The minimum Gasteiger partial charge on any atom is -0.495 e. The second kappa shape index (κ2) is 3.20. The first-order valence-electron chi connectivity index (χ1n) is 3.88. The highest BCUT2D eigenvalue weighted by Gasteiger charge is 2.07. The number of nitrogens with one attached hydrogen (secondary N) is 1. The van der Waals surface area contributed by atoms with Crippen LogP contribution in [0.2, 0.25) is 5.28 Å². The molecule has 0 aliphatic rings. The molecular weight excluding hydrogens is 202 g/mol. The largest absolute Gasteiger partial charge is 0.495 e. The number of rotatable bonds is 1. The van der Waals surface area contributed by atoms with Gasteiger partial charge < -0.3 is 9.72 Å². The first-order valence-corrected chi connectivity index (χ1v) is 4.25. The number of halogens is 1. The molecule has 0 saturated heterocycles. The molecule has 14 heavy (non-hydrogen) atoms. The Morgan fingerprint density at radius 1 is 1.57 bits per heavy atom. The van der Waals surface area contributed by atoms with Crippen LogP contribution in [-0.4, -0.2) is 17.1 Å². The molecular formula is C9H6ClN3O. The molecule has 0 spiro atoms. The highest BCUT2D eigenvalue weighted by molar-refractivity contribution is 6.29. The van der Waals surface area contributed by atoms with Crippen LogP contribution in [0.4, 0.5) is 0 Å². The van der Waals surface area contributed by atoms with Gasteiger partial charge in [0.1, 0.15) is 11.8 Å². The number of fused-ring (bicyclic) bond motifs is 1. The zero-order valence-corrected chi connectivity index (χ0v) is 8.09. The zero-order valence-electron chi connectivity index (χ0n) is 7.34. The van der Waals surface area contributed by atoms with E-state index >= 15 is 0 Å². The topological polar surface area (TPSA) is 61.7 Å². The summed E-state index contributed by atoms with van der Waals surface area (Å²) in [6, 6.07) is 5.36. The zero-order chi connectivity index (χ0) is 10.1. The molecule has 70 valence electrons. The number of H-pyrrole nitrogens is 1. The molecule has 1 N–H and O–H groups in total. The molecule has 1 aromatic carbocycles. The third kappa shape index (κ3) is 1.28. The van der Waals surface area contributed by atoms with Crippen LogP contribution in [0, 0.1) is 11.3 Å². The van der Waals surface area contributed by atoms with Crippen molar-refractivity contribution >= 4 is 22.6 Å². The second-order valence-corrected chi connectivity index (χ2v) is 3.07. The standard InChI is InChI=1S/C9H6ClN3O/c1-14-8-3-7-6(2-5(8)4-11)12-9(10)13-7/h2-3H,1H3,(H,12,13). The minimum atomic E-state index is 0.303. The van der Waals surface area contributed by atoms with Gasteiger partial charge in [0.2, 0.25) is 5.28 Å². The summed E-state index contributed by atoms with van der Waals surface area (Å²) in [5.74, 6) is 0.514. The molecule has 2 aromatic rings. The van der Waals surface area contributed by atoms with Crippen molar-refractivity contribution in [2.45, 2.75) is 0 Å². The van der Waals surface area contributed by atoms with Gasteiger partial charge >= 0.3 is 0 Å². The molecule has 0 unspecified atom stereocenters. The van der Waals surface area contributed by atoms with E-state index in [0.29, 0.717) is 22.1 Å². The minimum absolute atomic E-state index is 0.303. The number of aromatic nitrogens is 2. The summed E-state index contributed by atoms with van der Waals surface area (Å²) >= 11 is 5.68. The van der Waals surface area contributed by atoms with Crippen molar-refractivity contribution in [3.63, 3.8) is 0 Å². The third-order valence-corrected chi connectivity index (χ3v) is 2.07. The Hall–Kier alpha value is -1.73. The monoisotopic (exact) mass is 207 g/mol. The van der Waals surface area contributed by atoms with Crippen molar-refractivity contribution in [2.75, 3.05) is 7.11 Å². The number of hydrogen-bond acceptors (Lipinski definition) is 3. The number of hydrogen-bond donors (Lipinski definition) is 1. The molecule has 1 heterocycles. The Kier molecular flexibility index (Phi) is 2.02. The van der Waals surface area contributed by atoms with Crippen LogP contribution in [0.25, 0.3) is 11.0 Å². The van der Waals surface area contributed by atoms with Crippen molar-refractivity contribution in [3.05, 3.63) is 23.0 Å². The van der Waals surface area contributed by atoms with E-state index in [1.807, 2.05) is 6.07 Å². The van der Waals surface area contributed by atoms with Crippen LogP contribution >= 0.6 is 11.6 Å². The van der Waals surface area contributed by atoms with Gasteiger partial charge in [0, 0.05) is 6.07 Å². The summed E-state index contributed by atoms with van der Waals surface area (Å²) in [6.07, 6.45) is 0. The molecule has 0 atom stereocenters. The summed E-state index contributed by atoms with van der Waals surface area (Å²) in [6.45, 7) is 0. The van der Waals surface area contributed by atoms with E-state index in [0.717, 1.165) is 5.52 Å². The molecule has 2 rings (SSSR count). The van der Waals surface area contributed by atoms with Gasteiger partial charge in [0.25, 0.3) is 0 Å². The van der Waals surface area contributed by atoms with Crippen LogP contribution in [-0.2, 0) is 0 Å². The number of benzene rings is 1. The van der Waals surface area contributed by atoms with Crippen molar-refractivity contribution in [1.82, 2.24) is 9.97 Å². The van der Waals surface area contributed by atoms with Crippen LogP contribution < -0.4 is 4.74 Å². The van der Waals surface area contributed by atoms with E-state index < -0.39 is 0 Å². The number of ether oxygens (including phenoxy) is 1. The fraction of sp³-hybridized carbons (Fsp3) is 0.111. The highest BCUT2D eigenvalue weighted by atomic mass is 35.5. The average molecular weight is 208 g/mol. The Morgan fingerprint density at radius 3 is 3.00 bits per heavy atom. The first-order chi connectivity index (χ1) is 6.74. The lowest BCUT2D eigenvalue weighted by Crippen LogP contribution is -1.87. The van der Waals surface area contributed by atoms with Gasteiger partial charge in [-0.25, -0.2) is 4.98 Å². The smallest absolute Gasteiger partial charge is 0.201 e. The Balaban J connectivity index is 2.76. The molecule has 4 nitrogen and oxygen atoms in total. The number of nitrogens with zero attached hydrogens (tertiary/aromatic N) is 2. The van der Waals surface area contributed by atoms with Crippen molar-refractivity contribution in [3.8, 4) is 11.8 Å². The van der Waals surface area contributed by atoms with Gasteiger partial charge in [0.05, 0.1) is 23.7 Å². The second-order valence-electron chi connectivity index (χ2n) is 2.71. The molecule has 1 aromatic heterocycles. The maximum atomic E-state index is 8.81. The van der Waals surface area contributed by atoms with E-state index in [4.69, 9.17) is 21.6 Å². The summed E-state index contributed by atoms with van der Waals surface area (Å²) < 4.78 is 5.04. The number of aromatic amines is 1. The van der Waals surface area contributed by atoms with Gasteiger partial charge in [-0.3, -0.25) is 0 Å². The molecule has 0 aliphatic heterocycles. The Bertz CT molecular complexity index is 527. The average Bonchev–Trinajstić information content (AvgIpc) is 2.54. The first kappa shape index (κ1) is 8.85. The normalized spacial score (nSPS) is 10.1. The molecule has 0 bridgehead atoms. The van der Waals surface area contributed by atoms with E-state index in [1.54, 1.807) is 12.1 Å². The summed E-state index contributed by atoms with van der Waals surface area (Å²) in [5.41, 5.74) is 1.86. The lowest BCUT2D eigenvalue weighted by Gasteiger charge is -2.00. The summed E-state index contributed by atoms with van der Waals surface area (Å²) in [4.78, 5) is 6.85. The Labute approximate surface area is 85.1 Å². The van der Waals surface area contributed by atoms with Gasteiger partial charge in [-0.05, 0) is 17.7 Å². The maximum absolute atomic E-state index is 8.81. The van der Waals surface area contributed by atoms with Crippen molar-refractivity contribution < 1.29 is 4.74 Å². The molecule has 0 aliphatic carbocycles. The molecule has 0 fully saturated rings. The molecule has 0 radical (unpaired) electrons. The number of methoxy groups -OCH3 is 1. The summed E-state index contributed by atoms with van der Waals surface area (Å²) in [5, 5.41) is 9.12. The van der Waals surface area contributed by atoms with E-state index in [2.05, 4.69) is 9.97 Å². The number of nitriles is 1. The number of imidazole rings is 1. The lowest BCUT2D eigenvalue weighted by molar-refractivity contribution is 0.414. The predicted molar refractivity (Wildman–Crippen MR) is 52.4 cm³/mol. The van der Waals surface area contributed by atoms with Crippen LogP contribution in [0.15, 0.2) is 12.1 Å². The maximum Gasteiger partial charge on any atom is 0.201 e. The van der Waals surface area contributed by atoms with Crippen LogP contribution in [0.3, 0.4) is 0 Å². The van der Waals surface area contributed by atoms with Gasteiger partial charge in [0.15, 0.2) is 0 Å². The van der Waals surface area contributed by atoms with E-state index in [-0.39, 0.29) is 0 Å². The SMILES string of the molecule is COc1cc2[nH]c(Cl)nc2cc1C#N. The quantitative estimate of drug-likeness (QED) is 0.779. The highest BCUT2D eigenvalue weighted by Crippen LogP contribution is 2.24. The van der Waals surface area contributed by atoms with E-state index in [9.17, 15) is 0 Å². The van der Waals surface area contributed by atoms with Crippen molar-refractivity contribution in [2.24, 2.45) is 0 Å². The lowest BCUT2D eigenvalue weighted by atomic mass is 10.2. The van der Waals surface area contributed by atoms with Gasteiger partial charge in [-0.1, -0.05) is 0 Å². The van der Waals surface area contributed by atoms with Crippen LogP contribution in [0.5, 0.6) is 5.75 Å². The Morgan fingerprint density at radius 2 is 2.36 bits per heavy atom. The molecule has 0 amide bonds.